The number of oxazole rings is 2. The van der Waals surface area contributed by atoms with Crippen molar-refractivity contribution in [2.24, 2.45) is 47.0 Å². The predicted molar refractivity (Wildman–Crippen MR) is 424 cm³/mol. The number of carbonyl (C=O) groups is 1. The Morgan fingerprint density at radius 2 is 1.06 bits per heavy atom. The largest absolute Gasteiger partial charge is 0.454 e. The van der Waals surface area contributed by atoms with Gasteiger partial charge >= 0.3 is 5.97 Å². The average molecular weight is 1380 g/mol. The van der Waals surface area contributed by atoms with Crippen LogP contribution in [-0.4, -0.2) is 89.8 Å². The number of aromatic amines is 2. The third-order valence-corrected chi connectivity index (χ3v) is 16.0. The molecule has 0 saturated carbocycles. The van der Waals surface area contributed by atoms with Gasteiger partial charge in [0.15, 0.2) is 11.8 Å². The molecule has 1 unspecified atom stereocenters. The predicted octanol–water partition coefficient (Wildman–Crippen LogP) is 22.5. The lowest BCUT2D eigenvalue weighted by atomic mass is 9.84. The van der Waals surface area contributed by atoms with Crippen molar-refractivity contribution in [3.63, 3.8) is 0 Å². The van der Waals surface area contributed by atoms with E-state index in [0.29, 0.717) is 5.41 Å². The first-order valence-corrected chi connectivity index (χ1v) is 35.7. The molecule has 0 aromatic carbocycles. The molecule has 0 spiro atoms. The summed E-state index contributed by atoms with van der Waals surface area (Å²) in [5.74, 6) is 3.20. The molecule has 5 aliphatic heterocycles. The summed E-state index contributed by atoms with van der Waals surface area (Å²) in [6.07, 6.45) is 20.3. The van der Waals surface area contributed by atoms with E-state index >= 15 is 0 Å². The fourth-order valence-electron chi connectivity index (χ4n) is 9.60. The number of allylic oxidation sites excluding steroid dienone is 5. The van der Waals surface area contributed by atoms with Crippen LogP contribution in [0.15, 0.2) is 123 Å². The molecule has 0 radical (unpaired) electrons. The lowest BCUT2D eigenvalue weighted by Crippen LogP contribution is -2.25. The van der Waals surface area contributed by atoms with E-state index in [4.69, 9.17) is 18.1 Å². The van der Waals surface area contributed by atoms with Crippen molar-refractivity contribution in [3.05, 3.63) is 147 Å². The maximum Gasteiger partial charge on any atom is 0.331 e. The van der Waals surface area contributed by atoms with E-state index in [0.717, 1.165) is 72.2 Å². The highest BCUT2D eigenvalue weighted by Gasteiger charge is 2.30. The number of rotatable bonds is 0. The summed E-state index contributed by atoms with van der Waals surface area (Å²) in [5, 5.41) is 10.9. The van der Waals surface area contributed by atoms with Gasteiger partial charge in [-0.3, -0.25) is 25.1 Å². The van der Waals surface area contributed by atoms with E-state index in [1.807, 2.05) is 67.7 Å². The van der Waals surface area contributed by atoms with Gasteiger partial charge in [0.05, 0.1) is 42.9 Å². The van der Waals surface area contributed by atoms with Crippen LogP contribution >= 0.6 is 0 Å². The lowest BCUT2D eigenvalue weighted by molar-refractivity contribution is -0.142. The molecule has 0 bridgehead atoms. The highest BCUT2D eigenvalue weighted by atomic mass is 16.5. The first-order valence-electron chi connectivity index (χ1n) is 35.7. The number of ether oxygens (including phenoxy) is 1. The Balaban J connectivity index is 0.000000556. The number of esters is 1. The van der Waals surface area contributed by atoms with Crippen molar-refractivity contribution < 1.29 is 22.9 Å². The van der Waals surface area contributed by atoms with Crippen molar-refractivity contribution in [3.8, 4) is 0 Å². The molecule has 10 heterocycles. The average Bonchev–Trinajstić information content (AvgIpc) is 1.68. The molecule has 0 amide bonds. The number of cyclic esters (lactones) is 1. The highest BCUT2D eigenvalue weighted by Crippen LogP contribution is 2.33. The van der Waals surface area contributed by atoms with E-state index < -0.39 is 0 Å². The third kappa shape index (κ3) is 34.5. The first kappa shape index (κ1) is 90.9. The number of aryl methyl sites for hydroxylation is 5. The molecule has 2 N–H and O–H groups in total. The Hall–Kier alpha value is -7.10. The van der Waals surface area contributed by atoms with E-state index in [2.05, 4.69) is 300 Å². The van der Waals surface area contributed by atoms with Crippen LogP contribution in [0.3, 0.4) is 0 Å². The topological polar surface area (TPSA) is 211 Å². The summed E-state index contributed by atoms with van der Waals surface area (Å²) in [5.41, 5.74) is 18.9. The zero-order valence-electron chi connectivity index (χ0n) is 70.3. The number of nitrogens with one attached hydrogen (secondary N) is 2. The quantitative estimate of drug-likeness (QED) is 0.140. The van der Waals surface area contributed by atoms with E-state index in [9.17, 15) is 4.79 Å². The summed E-state index contributed by atoms with van der Waals surface area (Å²) < 4.78 is 20.2. The Morgan fingerprint density at radius 1 is 0.530 bits per heavy atom. The van der Waals surface area contributed by atoms with E-state index in [1.165, 1.54) is 62.6 Å². The number of hydrogen-bond donors (Lipinski definition) is 2. The van der Waals surface area contributed by atoms with Gasteiger partial charge in [-0.1, -0.05) is 231 Å². The summed E-state index contributed by atoms with van der Waals surface area (Å²) in [6.45, 7) is 85.5. The molecule has 5 aliphatic rings. The fourth-order valence-corrected chi connectivity index (χ4v) is 9.60. The Labute approximate surface area is 607 Å². The Morgan fingerprint density at radius 3 is 1.24 bits per heavy atom. The monoisotopic (exact) mass is 1380 g/mol. The summed E-state index contributed by atoms with van der Waals surface area (Å²) >= 11 is 0. The molecule has 5 aromatic heterocycles. The van der Waals surface area contributed by atoms with Crippen molar-refractivity contribution in [2.75, 3.05) is 19.6 Å². The van der Waals surface area contributed by atoms with Crippen molar-refractivity contribution >= 4 is 28.8 Å². The maximum atomic E-state index is 10.6. The second-order valence-corrected chi connectivity index (χ2v) is 36.8. The van der Waals surface area contributed by atoms with E-state index in [-0.39, 0.29) is 60.8 Å². The van der Waals surface area contributed by atoms with Crippen LogP contribution in [0.4, 0.5) is 0 Å². The normalized spacial score (nSPS) is 16.0. The summed E-state index contributed by atoms with van der Waals surface area (Å²) in [7, 11) is 0. The maximum absolute atomic E-state index is 10.6. The Kier molecular flexibility index (Phi) is 33.8. The van der Waals surface area contributed by atoms with Gasteiger partial charge < -0.3 is 23.1 Å². The second kappa shape index (κ2) is 37.2. The second-order valence-electron chi connectivity index (χ2n) is 36.8. The number of aromatic nitrogens is 7. The summed E-state index contributed by atoms with van der Waals surface area (Å²) in [6, 6.07) is 2.08. The fraction of sp³-hybridized carbons (Fsp3) is 0.643. The number of nitrogens with zero attached hydrogens (tertiary/aromatic N) is 9. The molecule has 16 heteroatoms. The van der Waals surface area contributed by atoms with Crippen LogP contribution in [0.1, 0.15) is 299 Å². The zero-order chi connectivity index (χ0) is 77.8. The minimum Gasteiger partial charge on any atom is -0.454 e. The van der Waals surface area contributed by atoms with Gasteiger partial charge in [-0.2, -0.15) is 5.10 Å². The van der Waals surface area contributed by atoms with Crippen LogP contribution in [-0.2, 0) is 36.6 Å². The molecule has 10 rings (SSSR count). The number of aliphatic imine (C=N–C) groups is 4. The molecule has 100 heavy (non-hydrogen) atoms. The minimum absolute atomic E-state index is 0.0304. The van der Waals surface area contributed by atoms with Gasteiger partial charge in [-0.05, 0) is 105 Å². The number of hydrogen-bond acceptors (Lipinski definition) is 14. The van der Waals surface area contributed by atoms with Crippen LogP contribution < -0.4 is 0 Å². The molecule has 5 aromatic rings. The van der Waals surface area contributed by atoms with Gasteiger partial charge in [0, 0.05) is 111 Å². The van der Waals surface area contributed by atoms with E-state index in [1.54, 1.807) is 18.7 Å². The molecule has 16 nitrogen and oxygen atoms in total. The van der Waals surface area contributed by atoms with Gasteiger partial charge in [0.25, 0.3) is 0 Å². The SMILES string of the molecule is CC(C)(C)C1C=CC(=O)O1.CC1=NC(C(C)(C)C)=CC1.CC1=NCC(C(C)(C)C)=C1.CC1=NCC=C1C(C)(C)C.CC1=NCC=C1C(C)(C)C.Cc1cc(C(C)(C)C)n[nH]1.Cc1nc(C(C)(C)C)co1.Cc1ncc(C(C)(C)C)[nH]1.Cc1ncc(C(C)(C)C)o1.Cc1nocc1C(C)(C)C. The standard InChI is InChI=1S/4C9H15N.2C8H14N2.3C8H13NO.C8H12O2/c1-7-5-8(6-10-7)9(2,3)4;2*1-7-8(5-6-10-7)9(2,3)4;1-7-5-6-8(10-7)9(2,3)4;1-6-9-5-7(10-6)8(2,3)4;1-6-5-7(10-9-6)8(2,3)4;1-6-9-7(5-10-6)8(2,3)4;1-6-9-5-7(10-6)8(2,3)4;1-6-7(5-10-9-6)8(2,3)4;1-8(2,3)6-4-5-7(9)10-6/h3*5H,6H2,1-4H3;6H,5H2,1-4H3;2*5H,1-4H3,(H,9,10);3*5H,1-4H3;4-6H,1-3H3. The van der Waals surface area contributed by atoms with Gasteiger partial charge in [-0.15, -0.1) is 0 Å². The molecule has 1 atom stereocenters. The summed E-state index contributed by atoms with van der Waals surface area (Å²) in [4.78, 5) is 43.5. The molecular formula is C84H139N11O5. The van der Waals surface area contributed by atoms with Gasteiger partial charge in [0.1, 0.15) is 30.2 Å². The van der Waals surface area contributed by atoms with Crippen molar-refractivity contribution in [1.82, 2.24) is 35.3 Å². The molecule has 0 saturated heterocycles. The van der Waals surface area contributed by atoms with Gasteiger partial charge in [-0.25, -0.2) is 19.7 Å². The number of imidazole rings is 1. The molecule has 560 valence electrons. The number of carbonyl (C=O) groups excluding carboxylic acids is 1. The highest BCUT2D eigenvalue weighted by molar-refractivity contribution is 6.01. The van der Waals surface area contributed by atoms with Gasteiger partial charge in [0.2, 0.25) is 0 Å². The molecule has 0 aliphatic carbocycles. The minimum atomic E-state index is -0.222. The van der Waals surface area contributed by atoms with Crippen LogP contribution in [0.25, 0.3) is 0 Å². The van der Waals surface area contributed by atoms with Crippen molar-refractivity contribution in [2.45, 2.75) is 310 Å². The zero-order valence-corrected chi connectivity index (χ0v) is 70.3. The van der Waals surface area contributed by atoms with Crippen LogP contribution in [0.5, 0.6) is 0 Å². The van der Waals surface area contributed by atoms with Crippen LogP contribution in [0.2, 0.25) is 0 Å². The first-order chi connectivity index (χ1) is 45.0. The number of H-pyrrole nitrogens is 2. The smallest absolute Gasteiger partial charge is 0.331 e. The Bertz CT molecular complexity index is 3380. The molecule has 0 fully saturated rings. The third-order valence-electron chi connectivity index (χ3n) is 16.0. The van der Waals surface area contributed by atoms with Crippen LogP contribution in [0, 0.1) is 61.7 Å². The molecular weight excluding hydrogens is 1240 g/mol. The van der Waals surface area contributed by atoms with Crippen molar-refractivity contribution in [1.29, 1.82) is 0 Å². The lowest BCUT2D eigenvalue weighted by Gasteiger charge is -2.23.